The SMILES string of the molecule is Cc1cc(Nc2nc(CCN)cn3c(-c4cnn(C)c4)cnc23)sc1C(=O)N(C)C. The van der Waals surface area contributed by atoms with Crippen LogP contribution in [0.25, 0.3) is 16.9 Å². The number of anilines is 2. The second-order valence-electron chi connectivity index (χ2n) is 7.31. The van der Waals surface area contributed by atoms with Gasteiger partial charge in [-0.1, -0.05) is 0 Å². The van der Waals surface area contributed by atoms with Crippen LogP contribution in [0.3, 0.4) is 0 Å². The number of nitrogens with two attached hydrogens (primary N) is 1. The number of carbonyl (C=O) groups excluding carboxylic acids is 1. The van der Waals surface area contributed by atoms with Gasteiger partial charge in [0.05, 0.1) is 33.7 Å². The van der Waals surface area contributed by atoms with Crippen LogP contribution in [-0.4, -0.2) is 55.6 Å². The van der Waals surface area contributed by atoms with Gasteiger partial charge in [0.15, 0.2) is 11.5 Å². The van der Waals surface area contributed by atoms with Crippen molar-refractivity contribution in [3.05, 3.63) is 47.0 Å². The molecule has 9 nitrogen and oxygen atoms in total. The molecule has 10 heteroatoms. The van der Waals surface area contributed by atoms with Gasteiger partial charge in [-0.25, -0.2) is 9.97 Å². The van der Waals surface area contributed by atoms with Crippen LogP contribution in [0.5, 0.6) is 0 Å². The minimum absolute atomic E-state index is 0.0137. The Balaban J connectivity index is 1.78. The molecule has 0 radical (unpaired) electrons. The first-order valence-corrected chi connectivity index (χ1v) is 10.3. The van der Waals surface area contributed by atoms with Gasteiger partial charge in [-0.15, -0.1) is 11.3 Å². The molecule has 0 atom stereocenters. The molecule has 0 aromatic carbocycles. The monoisotopic (exact) mass is 424 g/mol. The first-order valence-electron chi connectivity index (χ1n) is 9.52. The summed E-state index contributed by atoms with van der Waals surface area (Å²) in [6.07, 6.45) is 8.17. The van der Waals surface area contributed by atoms with Crippen molar-refractivity contribution in [2.45, 2.75) is 13.3 Å². The molecule has 3 N–H and O–H groups in total. The molecule has 0 fully saturated rings. The lowest BCUT2D eigenvalue weighted by atomic mass is 10.2. The molecule has 4 heterocycles. The molecule has 0 aliphatic carbocycles. The highest BCUT2D eigenvalue weighted by Crippen LogP contribution is 2.32. The van der Waals surface area contributed by atoms with Crippen molar-refractivity contribution in [3.8, 4) is 11.3 Å². The number of carbonyl (C=O) groups is 1. The van der Waals surface area contributed by atoms with Crippen molar-refractivity contribution in [3.63, 3.8) is 0 Å². The van der Waals surface area contributed by atoms with Gasteiger partial charge in [0.2, 0.25) is 0 Å². The minimum Gasteiger partial charge on any atom is -0.344 e. The van der Waals surface area contributed by atoms with E-state index in [9.17, 15) is 4.79 Å². The second kappa shape index (κ2) is 7.88. The predicted octanol–water partition coefficient (Wildman–Crippen LogP) is 2.45. The lowest BCUT2D eigenvalue weighted by Crippen LogP contribution is -2.21. The van der Waals surface area contributed by atoms with Crippen LogP contribution in [0.1, 0.15) is 20.9 Å². The van der Waals surface area contributed by atoms with E-state index in [0.717, 1.165) is 27.5 Å². The number of nitrogens with zero attached hydrogens (tertiary/aromatic N) is 6. The van der Waals surface area contributed by atoms with Crippen LogP contribution in [-0.2, 0) is 13.5 Å². The number of fused-ring (bicyclic) bond motifs is 1. The van der Waals surface area contributed by atoms with Crippen LogP contribution in [0, 0.1) is 6.92 Å². The van der Waals surface area contributed by atoms with E-state index in [4.69, 9.17) is 10.7 Å². The zero-order valence-electron chi connectivity index (χ0n) is 17.4. The van der Waals surface area contributed by atoms with Gasteiger partial charge in [-0.2, -0.15) is 5.10 Å². The summed E-state index contributed by atoms with van der Waals surface area (Å²) in [5.74, 6) is 0.612. The Morgan fingerprint density at radius 3 is 2.77 bits per heavy atom. The van der Waals surface area contributed by atoms with E-state index in [1.165, 1.54) is 11.3 Å². The van der Waals surface area contributed by atoms with E-state index >= 15 is 0 Å². The number of hydrogen-bond acceptors (Lipinski definition) is 7. The molecule has 156 valence electrons. The Morgan fingerprint density at radius 2 is 2.10 bits per heavy atom. The Labute approximate surface area is 178 Å². The highest BCUT2D eigenvalue weighted by molar-refractivity contribution is 7.18. The van der Waals surface area contributed by atoms with Gasteiger partial charge < -0.3 is 16.0 Å². The van der Waals surface area contributed by atoms with Crippen LogP contribution in [0.15, 0.2) is 30.9 Å². The van der Waals surface area contributed by atoms with E-state index < -0.39 is 0 Å². The summed E-state index contributed by atoms with van der Waals surface area (Å²) >= 11 is 1.41. The Morgan fingerprint density at radius 1 is 1.30 bits per heavy atom. The van der Waals surface area contributed by atoms with Gasteiger partial charge in [-0.3, -0.25) is 13.9 Å². The molecule has 4 aromatic rings. The highest BCUT2D eigenvalue weighted by Gasteiger charge is 2.18. The zero-order valence-corrected chi connectivity index (χ0v) is 18.2. The summed E-state index contributed by atoms with van der Waals surface area (Å²) in [5, 5.41) is 8.46. The fraction of sp³-hybridized carbons (Fsp3) is 0.300. The summed E-state index contributed by atoms with van der Waals surface area (Å²) in [5.41, 5.74) is 10.1. The minimum atomic E-state index is -0.0137. The third kappa shape index (κ3) is 3.66. The maximum absolute atomic E-state index is 12.4. The first kappa shape index (κ1) is 20.0. The van der Waals surface area contributed by atoms with E-state index in [1.54, 1.807) is 29.9 Å². The summed E-state index contributed by atoms with van der Waals surface area (Å²) in [4.78, 5) is 24.0. The molecule has 0 unspecified atom stereocenters. The fourth-order valence-corrected chi connectivity index (χ4v) is 4.33. The molecular weight excluding hydrogens is 400 g/mol. The van der Waals surface area contributed by atoms with Crippen molar-refractivity contribution in [2.75, 3.05) is 26.0 Å². The topological polar surface area (TPSA) is 106 Å². The zero-order chi connectivity index (χ0) is 21.4. The van der Waals surface area contributed by atoms with Gasteiger partial charge in [0, 0.05) is 45.5 Å². The summed E-state index contributed by atoms with van der Waals surface area (Å²) in [7, 11) is 5.38. The number of hydrogen-bond donors (Lipinski definition) is 2. The average molecular weight is 425 g/mol. The third-order valence-electron chi connectivity index (χ3n) is 4.70. The lowest BCUT2D eigenvalue weighted by Gasteiger charge is -2.10. The largest absolute Gasteiger partial charge is 0.344 e. The fourth-order valence-electron chi connectivity index (χ4n) is 3.23. The van der Waals surface area contributed by atoms with E-state index in [2.05, 4.69) is 15.4 Å². The van der Waals surface area contributed by atoms with Crippen LogP contribution in [0.4, 0.5) is 10.8 Å². The molecule has 0 aliphatic heterocycles. The van der Waals surface area contributed by atoms with Crippen LogP contribution >= 0.6 is 11.3 Å². The third-order valence-corrected chi connectivity index (χ3v) is 5.84. The Hall–Kier alpha value is -3.24. The molecule has 0 saturated heterocycles. The van der Waals surface area contributed by atoms with Crippen molar-refractivity contribution >= 4 is 33.7 Å². The number of aromatic nitrogens is 5. The standard InChI is InChI=1S/C20H24N8OS/c1-12-7-16(30-17(12)20(29)26(2)3)25-18-19-22-9-15(13-8-23-27(4)10-13)28(19)11-14(24-18)5-6-21/h7-11H,5-6,21H2,1-4H3,(H,24,25). The number of imidazole rings is 1. The van der Waals surface area contributed by atoms with E-state index in [1.807, 2.05) is 43.0 Å². The number of amides is 1. The smallest absolute Gasteiger partial charge is 0.263 e. The molecule has 0 bridgehead atoms. The number of aryl methyl sites for hydroxylation is 2. The van der Waals surface area contributed by atoms with Crippen molar-refractivity contribution in [1.82, 2.24) is 29.0 Å². The second-order valence-corrected chi connectivity index (χ2v) is 8.36. The predicted molar refractivity (Wildman–Crippen MR) is 118 cm³/mol. The summed E-state index contributed by atoms with van der Waals surface area (Å²) in [6, 6.07) is 1.96. The molecular formula is C20H24N8OS. The molecule has 30 heavy (non-hydrogen) atoms. The van der Waals surface area contributed by atoms with Gasteiger partial charge in [0.1, 0.15) is 0 Å². The molecule has 4 aromatic heterocycles. The molecule has 4 rings (SSSR count). The van der Waals surface area contributed by atoms with Gasteiger partial charge in [-0.05, 0) is 25.1 Å². The van der Waals surface area contributed by atoms with Crippen molar-refractivity contribution in [2.24, 2.45) is 12.8 Å². The maximum Gasteiger partial charge on any atom is 0.263 e. The maximum atomic E-state index is 12.4. The quantitative estimate of drug-likeness (QED) is 0.492. The van der Waals surface area contributed by atoms with E-state index in [-0.39, 0.29) is 5.91 Å². The van der Waals surface area contributed by atoms with E-state index in [0.29, 0.717) is 29.3 Å². The number of nitrogens with one attached hydrogen (secondary N) is 1. The Kier molecular flexibility index (Phi) is 5.27. The number of thiophene rings is 1. The van der Waals surface area contributed by atoms with Gasteiger partial charge in [0.25, 0.3) is 5.91 Å². The first-order chi connectivity index (χ1) is 14.4. The molecule has 1 amide bonds. The van der Waals surface area contributed by atoms with Crippen LogP contribution < -0.4 is 11.1 Å². The number of rotatable bonds is 6. The summed E-state index contributed by atoms with van der Waals surface area (Å²) in [6.45, 7) is 2.43. The normalized spacial score (nSPS) is 11.2. The molecule has 0 saturated carbocycles. The highest BCUT2D eigenvalue weighted by atomic mass is 32.1. The average Bonchev–Trinajstić information content (AvgIpc) is 3.40. The Bertz CT molecular complexity index is 1220. The molecule has 0 aliphatic rings. The van der Waals surface area contributed by atoms with Crippen molar-refractivity contribution in [1.29, 1.82) is 0 Å². The van der Waals surface area contributed by atoms with Crippen LogP contribution in [0.2, 0.25) is 0 Å². The van der Waals surface area contributed by atoms with Gasteiger partial charge >= 0.3 is 0 Å². The summed E-state index contributed by atoms with van der Waals surface area (Å²) < 4.78 is 3.76. The molecule has 0 spiro atoms. The van der Waals surface area contributed by atoms with Crippen molar-refractivity contribution < 1.29 is 4.79 Å². The lowest BCUT2D eigenvalue weighted by molar-refractivity contribution is 0.0831.